The molecule has 2 aromatic carbocycles. The molecule has 0 spiro atoms. The van der Waals surface area contributed by atoms with Crippen LogP contribution in [0.4, 0.5) is 4.39 Å². The van der Waals surface area contributed by atoms with Crippen molar-refractivity contribution < 1.29 is 4.39 Å². The Morgan fingerprint density at radius 1 is 1.20 bits per heavy atom. The zero-order valence-electron chi connectivity index (χ0n) is 10.8. The number of nitrogens with one attached hydrogen (secondary N) is 1. The van der Waals surface area contributed by atoms with Crippen LogP contribution in [0.1, 0.15) is 17.2 Å². The van der Waals surface area contributed by atoms with Gasteiger partial charge in [-0.25, -0.2) is 4.39 Å². The Labute approximate surface area is 139 Å². The lowest BCUT2D eigenvalue weighted by Gasteiger charge is -2.19. The third kappa shape index (κ3) is 3.82. The van der Waals surface area contributed by atoms with Crippen LogP contribution in [0.15, 0.2) is 45.3 Å². The van der Waals surface area contributed by atoms with E-state index in [0.29, 0.717) is 5.02 Å². The monoisotopic (exact) mass is 419 g/mol. The van der Waals surface area contributed by atoms with Crippen molar-refractivity contribution in [2.45, 2.75) is 12.5 Å². The van der Waals surface area contributed by atoms with E-state index >= 15 is 0 Å². The first-order valence-electron chi connectivity index (χ1n) is 6.07. The first-order valence-corrected chi connectivity index (χ1v) is 8.04. The van der Waals surface area contributed by atoms with Gasteiger partial charge in [-0.15, -0.1) is 0 Å². The van der Waals surface area contributed by atoms with E-state index in [1.165, 1.54) is 12.1 Å². The van der Waals surface area contributed by atoms with Gasteiger partial charge in [0.05, 0.1) is 0 Å². The van der Waals surface area contributed by atoms with Crippen LogP contribution in [0.25, 0.3) is 0 Å². The molecule has 0 amide bonds. The minimum atomic E-state index is -0.247. The van der Waals surface area contributed by atoms with Crippen LogP contribution in [0, 0.1) is 5.82 Å². The molecule has 0 aliphatic rings. The molecule has 0 fully saturated rings. The van der Waals surface area contributed by atoms with E-state index < -0.39 is 0 Å². The Balaban J connectivity index is 2.28. The molecule has 0 bridgehead atoms. The molecule has 0 saturated carbocycles. The molecule has 0 saturated heterocycles. The van der Waals surface area contributed by atoms with Crippen LogP contribution in [0.2, 0.25) is 5.02 Å². The average molecular weight is 422 g/mol. The van der Waals surface area contributed by atoms with Crippen molar-refractivity contribution in [3.63, 3.8) is 0 Å². The Bertz CT molecular complexity index is 619. The molecule has 0 aliphatic carbocycles. The molecule has 2 rings (SSSR count). The van der Waals surface area contributed by atoms with Crippen molar-refractivity contribution in [3.8, 4) is 0 Å². The van der Waals surface area contributed by atoms with Crippen LogP contribution >= 0.6 is 43.5 Å². The Morgan fingerprint density at radius 3 is 2.55 bits per heavy atom. The average Bonchev–Trinajstić information content (AvgIpc) is 2.39. The first-order chi connectivity index (χ1) is 9.51. The molecule has 1 unspecified atom stereocenters. The third-order valence-corrected chi connectivity index (χ3v) is 4.68. The number of halogens is 4. The normalized spacial score (nSPS) is 12.4. The predicted molar refractivity (Wildman–Crippen MR) is 88.8 cm³/mol. The van der Waals surface area contributed by atoms with Crippen LogP contribution in [-0.2, 0) is 6.42 Å². The molecule has 2 aromatic rings. The standard InChI is InChI=1S/C15H13Br2ClFN/c1-20-15(12-5-3-10(16)7-14(12)18)6-9-2-4-11(19)8-13(9)17/h2-5,7-8,15,20H,6H2,1H3. The Morgan fingerprint density at radius 2 is 1.95 bits per heavy atom. The highest BCUT2D eigenvalue weighted by Crippen LogP contribution is 2.30. The second-order valence-corrected chi connectivity index (χ2v) is 6.62. The highest BCUT2D eigenvalue weighted by atomic mass is 79.9. The molecular formula is C15H13Br2ClFN. The highest BCUT2D eigenvalue weighted by molar-refractivity contribution is 9.10. The lowest BCUT2D eigenvalue weighted by molar-refractivity contribution is 0.587. The number of hydrogen-bond acceptors (Lipinski definition) is 1. The van der Waals surface area contributed by atoms with Gasteiger partial charge in [-0.3, -0.25) is 0 Å². The van der Waals surface area contributed by atoms with Gasteiger partial charge in [0.25, 0.3) is 0 Å². The van der Waals surface area contributed by atoms with Gasteiger partial charge in [0.2, 0.25) is 0 Å². The van der Waals surface area contributed by atoms with Gasteiger partial charge in [0.1, 0.15) is 5.82 Å². The van der Waals surface area contributed by atoms with Crippen LogP contribution in [-0.4, -0.2) is 7.05 Å². The summed E-state index contributed by atoms with van der Waals surface area (Å²) in [5, 5.41) is 3.96. The molecule has 5 heteroatoms. The van der Waals surface area contributed by atoms with Gasteiger partial charge in [-0.05, 0) is 48.9 Å². The van der Waals surface area contributed by atoms with Crippen LogP contribution in [0.5, 0.6) is 0 Å². The summed E-state index contributed by atoms with van der Waals surface area (Å²) < 4.78 is 14.8. The van der Waals surface area contributed by atoms with Crippen molar-refractivity contribution in [1.82, 2.24) is 5.32 Å². The Hall–Kier alpha value is -0.420. The maximum Gasteiger partial charge on any atom is 0.124 e. The number of likely N-dealkylation sites (N-methyl/N-ethyl adjacent to an activating group) is 1. The number of hydrogen-bond donors (Lipinski definition) is 1. The first kappa shape index (κ1) is 16.0. The van der Waals surface area contributed by atoms with Gasteiger partial charge in [-0.2, -0.15) is 0 Å². The van der Waals surface area contributed by atoms with Crippen molar-refractivity contribution >= 4 is 43.5 Å². The number of benzene rings is 2. The summed E-state index contributed by atoms with van der Waals surface area (Å²) in [4.78, 5) is 0. The summed E-state index contributed by atoms with van der Waals surface area (Å²) in [5.41, 5.74) is 2.05. The second kappa shape index (κ2) is 7.03. The molecule has 1 nitrogen and oxygen atoms in total. The van der Waals surface area contributed by atoms with Gasteiger partial charge < -0.3 is 5.32 Å². The van der Waals surface area contributed by atoms with Gasteiger partial charge in [0.15, 0.2) is 0 Å². The zero-order chi connectivity index (χ0) is 14.7. The molecular weight excluding hydrogens is 408 g/mol. The molecule has 20 heavy (non-hydrogen) atoms. The fraction of sp³-hybridized carbons (Fsp3) is 0.200. The lowest BCUT2D eigenvalue weighted by atomic mass is 9.99. The summed E-state index contributed by atoms with van der Waals surface area (Å²) >= 11 is 13.1. The van der Waals surface area contributed by atoms with Gasteiger partial charge in [-0.1, -0.05) is 55.6 Å². The maximum atomic E-state index is 13.1. The quantitative estimate of drug-likeness (QED) is 0.687. The maximum absolute atomic E-state index is 13.1. The zero-order valence-corrected chi connectivity index (χ0v) is 14.7. The fourth-order valence-corrected chi connectivity index (χ4v) is 3.38. The topological polar surface area (TPSA) is 12.0 Å². The summed E-state index contributed by atoms with van der Waals surface area (Å²) in [5.74, 6) is -0.247. The summed E-state index contributed by atoms with van der Waals surface area (Å²) in [7, 11) is 1.89. The summed E-state index contributed by atoms with van der Waals surface area (Å²) in [6.07, 6.45) is 0.721. The molecule has 1 N–H and O–H groups in total. The van der Waals surface area contributed by atoms with Crippen molar-refractivity contribution in [1.29, 1.82) is 0 Å². The largest absolute Gasteiger partial charge is 0.313 e. The molecule has 0 aromatic heterocycles. The van der Waals surface area contributed by atoms with Crippen molar-refractivity contribution in [2.75, 3.05) is 7.05 Å². The van der Waals surface area contributed by atoms with E-state index in [4.69, 9.17) is 11.6 Å². The van der Waals surface area contributed by atoms with E-state index in [1.807, 2.05) is 25.2 Å². The SMILES string of the molecule is CNC(Cc1ccc(F)cc1Br)c1ccc(Br)cc1Cl. The van der Waals surface area contributed by atoms with E-state index in [-0.39, 0.29) is 11.9 Å². The minimum absolute atomic E-state index is 0.0670. The summed E-state index contributed by atoms with van der Waals surface area (Å²) in [6.45, 7) is 0. The molecule has 1 atom stereocenters. The van der Waals surface area contributed by atoms with E-state index in [2.05, 4.69) is 37.2 Å². The van der Waals surface area contributed by atoms with E-state index in [9.17, 15) is 4.39 Å². The minimum Gasteiger partial charge on any atom is -0.313 e. The highest BCUT2D eigenvalue weighted by Gasteiger charge is 2.15. The summed E-state index contributed by atoms with van der Waals surface area (Å²) in [6, 6.07) is 10.6. The molecule has 106 valence electrons. The van der Waals surface area contributed by atoms with Crippen molar-refractivity contribution in [3.05, 3.63) is 67.3 Å². The van der Waals surface area contributed by atoms with Gasteiger partial charge >= 0.3 is 0 Å². The second-order valence-electron chi connectivity index (χ2n) is 4.45. The van der Waals surface area contributed by atoms with E-state index in [1.54, 1.807) is 6.07 Å². The Kier molecular flexibility index (Phi) is 5.61. The fourth-order valence-electron chi connectivity index (χ4n) is 2.06. The van der Waals surface area contributed by atoms with Crippen LogP contribution in [0.3, 0.4) is 0 Å². The molecule has 0 heterocycles. The molecule has 0 aliphatic heterocycles. The molecule has 0 radical (unpaired) electrons. The smallest absolute Gasteiger partial charge is 0.124 e. The predicted octanol–water partition coefficient (Wildman–Crippen LogP) is 5.51. The van der Waals surface area contributed by atoms with E-state index in [0.717, 1.165) is 26.5 Å². The van der Waals surface area contributed by atoms with Crippen LogP contribution < -0.4 is 5.32 Å². The van der Waals surface area contributed by atoms with Gasteiger partial charge in [0, 0.05) is 20.0 Å². The lowest BCUT2D eigenvalue weighted by Crippen LogP contribution is -2.19. The van der Waals surface area contributed by atoms with Crippen molar-refractivity contribution in [2.24, 2.45) is 0 Å². The number of rotatable bonds is 4. The third-order valence-electron chi connectivity index (χ3n) is 3.13.